The molecule has 2 nitrogen and oxygen atoms in total. The molecule has 0 aliphatic heterocycles. The summed E-state index contributed by atoms with van der Waals surface area (Å²) in [6, 6.07) is 0. The average Bonchev–Trinajstić information content (AvgIpc) is 2.54. The number of nitrogens with zero attached hydrogens (tertiary/aromatic N) is 1. The van der Waals surface area contributed by atoms with Gasteiger partial charge in [-0.2, -0.15) is 0 Å². The number of hydrogen-bond acceptors (Lipinski definition) is 2. The van der Waals surface area contributed by atoms with Crippen LogP contribution >= 0.6 is 0 Å². The van der Waals surface area contributed by atoms with Crippen LogP contribution in [0.4, 0.5) is 0 Å². The SMILES string of the molecule is CCCCCCCCCCCCCCCCCC=NCCN. The van der Waals surface area contributed by atoms with Gasteiger partial charge in [0.1, 0.15) is 0 Å². The van der Waals surface area contributed by atoms with Gasteiger partial charge >= 0.3 is 0 Å². The Kier molecular flexibility index (Phi) is 20.3. The summed E-state index contributed by atoms with van der Waals surface area (Å²) in [5.74, 6) is 0. The molecule has 0 saturated carbocycles. The normalized spacial score (nSPS) is 11.5. The highest BCUT2D eigenvalue weighted by Crippen LogP contribution is 2.13. The summed E-state index contributed by atoms with van der Waals surface area (Å²) in [5.41, 5.74) is 5.39. The van der Waals surface area contributed by atoms with E-state index in [0.717, 1.165) is 13.0 Å². The van der Waals surface area contributed by atoms with Crippen LogP contribution in [0.5, 0.6) is 0 Å². The van der Waals surface area contributed by atoms with Gasteiger partial charge in [0, 0.05) is 6.54 Å². The molecule has 2 heteroatoms. The van der Waals surface area contributed by atoms with Crippen molar-refractivity contribution < 1.29 is 0 Å². The molecule has 0 amide bonds. The van der Waals surface area contributed by atoms with E-state index in [1.165, 1.54) is 96.3 Å². The quantitative estimate of drug-likeness (QED) is 0.235. The van der Waals surface area contributed by atoms with Crippen LogP contribution < -0.4 is 5.73 Å². The van der Waals surface area contributed by atoms with E-state index in [0.29, 0.717) is 6.54 Å². The van der Waals surface area contributed by atoms with Crippen molar-refractivity contribution in [1.29, 1.82) is 0 Å². The molecular formula is C20H42N2. The predicted molar refractivity (Wildman–Crippen MR) is 102 cm³/mol. The molecular weight excluding hydrogens is 268 g/mol. The molecule has 0 radical (unpaired) electrons. The highest BCUT2D eigenvalue weighted by molar-refractivity contribution is 5.56. The Morgan fingerprint density at radius 3 is 1.45 bits per heavy atom. The third-order valence-electron chi connectivity index (χ3n) is 4.32. The highest BCUT2D eigenvalue weighted by atomic mass is 14.7. The second-order valence-electron chi connectivity index (χ2n) is 6.62. The van der Waals surface area contributed by atoms with Gasteiger partial charge in [0.15, 0.2) is 0 Å². The maximum atomic E-state index is 5.39. The molecule has 0 aliphatic carbocycles. The van der Waals surface area contributed by atoms with Crippen molar-refractivity contribution in [3.63, 3.8) is 0 Å². The lowest BCUT2D eigenvalue weighted by Crippen LogP contribution is -2.02. The smallest absolute Gasteiger partial charge is 0.0508 e. The second-order valence-corrected chi connectivity index (χ2v) is 6.62. The van der Waals surface area contributed by atoms with E-state index in [1.54, 1.807) is 0 Å². The summed E-state index contributed by atoms with van der Waals surface area (Å²) < 4.78 is 0. The Hall–Kier alpha value is -0.370. The maximum Gasteiger partial charge on any atom is 0.0508 e. The van der Waals surface area contributed by atoms with Crippen LogP contribution in [0.15, 0.2) is 4.99 Å². The first-order valence-electron chi connectivity index (χ1n) is 10.1. The van der Waals surface area contributed by atoms with E-state index in [4.69, 9.17) is 5.73 Å². The van der Waals surface area contributed by atoms with E-state index < -0.39 is 0 Å². The second kappa shape index (κ2) is 20.6. The van der Waals surface area contributed by atoms with Crippen molar-refractivity contribution in [2.45, 2.75) is 110 Å². The standard InChI is InChI=1S/C20H42N2/c1-2-3-4-5-6-7-8-9-10-11-12-13-14-15-16-17-19-22-20-18-21/h19H,2-18,20-21H2,1H3. The molecule has 2 N–H and O–H groups in total. The average molecular weight is 311 g/mol. The zero-order valence-electron chi connectivity index (χ0n) is 15.3. The number of aliphatic imine (C=N–C) groups is 1. The van der Waals surface area contributed by atoms with Crippen molar-refractivity contribution in [2.24, 2.45) is 10.7 Å². The van der Waals surface area contributed by atoms with Gasteiger partial charge in [-0.15, -0.1) is 0 Å². The molecule has 0 spiro atoms. The minimum atomic E-state index is 0.676. The van der Waals surface area contributed by atoms with Crippen LogP contribution in [-0.4, -0.2) is 19.3 Å². The Morgan fingerprint density at radius 2 is 1.05 bits per heavy atom. The van der Waals surface area contributed by atoms with E-state index in [2.05, 4.69) is 18.1 Å². The Bertz CT molecular complexity index is 214. The minimum absolute atomic E-state index is 0.676. The van der Waals surface area contributed by atoms with E-state index in [1.807, 2.05) is 0 Å². The van der Waals surface area contributed by atoms with Crippen molar-refractivity contribution >= 4 is 6.21 Å². The molecule has 0 unspecified atom stereocenters. The maximum absolute atomic E-state index is 5.39. The highest BCUT2D eigenvalue weighted by Gasteiger charge is 1.94. The van der Waals surface area contributed by atoms with E-state index in [9.17, 15) is 0 Å². The zero-order chi connectivity index (χ0) is 16.1. The van der Waals surface area contributed by atoms with E-state index in [-0.39, 0.29) is 0 Å². The molecule has 22 heavy (non-hydrogen) atoms. The zero-order valence-corrected chi connectivity index (χ0v) is 15.3. The van der Waals surface area contributed by atoms with Gasteiger partial charge in [-0.3, -0.25) is 4.99 Å². The Balaban J connectivity index is 2.97. The molecule has 0 bridgehead atoms. The Morgan fingerprint density at radius 1 is 0.636 bits per heavy atom. The lowest BCUT2D eigenvalue weighted by molar-refractivity contribution is 0.533. The fourth-order valence-electron chi connectivity index (χ4n) is 2.86. The van der Waals surface area contributed by atoms with Crippen molar-refractivity contribution in [3.8, 4) is 0 Å². The number of rotatable bonds is 18. The van der Waals surface area contributed by atoms with Crippen LogP contribution in [0, 0.1) is 0 Å². The number of unbranched alkanes of at least 4 members (excludes halogenated alkanes) is 15. The van der Waals surface area contributed by atoms with Crippen LogP contribution in [0.3, 0.4) is 0 Å². The van der Waals surface area contributed by atoms with Gasteiger partial charge in [0.05, 0.1) is 6.54 Å². The predicted octanol–water partition coefficient (Wildman–Crippen LogP) is 6.28. The van der Waals surface area contributed by atoms with Crippen molar-refractivity contribution in [3.05, 3.63) is 0 Å². The first kappa shape index (κ1) is 21.6. The summed E-state index contributed by atoms with van der Waals surface area (Å²) in [5, 5.41) is 0. The minimum Gasteiger partial charge on any atom is -0.329 e. The van der Waals surface area contributed by atoms with Gasteiger partial charge in [-0.05, 0) is 19.1 Å². The lowest BCUT2D eigenvalue weighted by Gasteiger charge is -2.03. The third-order valence-corrected chi connectivity index (χ3v) is 4.32. The van der Waals surface area contributed by atoms with Crippen LogP contribution in [-0.2, 0) is 0 Å². The third kappa shape index (κ3) is 19.6. The van der Waals surface area contributed by atoms with Crippen molar-refractivity contribution in [2.75, 3.05) is 13.1 Å². The molecule has 0 aromatic heterocycles. The molecule has 0 heterocycles. The van der Waals surface area contributed by atoms with Gasteiger partial charge in [0.2, 0.25) is 0 Å². The van der Waals surface area contributed by atoms with Crippen molar-refractivity contribution in [1.82, 2.24) is 0 Å². The van der Waals surface area contributed by atoms with Gasteiger partial charge in [-0.1, -0.05) is 96.8 Å². The lowest BCUT2D eigenvalue weighted by atomic mass is 10.0. The largest absolute Gasteiger partial charge is 0.329 e. The topological polar surface area (TPSA) is 38.4 Å². The molecule has 0 saturated heterocycles. The van der Waals surface area contributed by atoms with Crippen LogP contribution in [0.2, 0.25) is 0 Å². The molecule has 0 aliphatic rings. The number of nitrogens with two attached hydrogens (primary N) is 1. The summed E-state index contributed by atoms with van der Waals surface area (Å²) in [7, 11) is 0. The monoisotopic (exact) mass is 310 g/mol. The van der Waals surface area contributed by atoms with Gasteiger partial charge in [0.25, 0.3) is 0 Å². The summed E-state index contributed by atoms with van der Waals surface area (Å²) in [6.07, 6.45) is 24.6. The summed E-state index contributed by atoms with van der Waals surface area (Å²) in [6.45, 7) is 3.76. The fourth-order valence-corrected chi connectivity index (χ4v) is 2.86. The van der Waals surface area contributed by atoms with Gasteiger partial charge in [-0.25, -0.2) is 0 Å². The molecule has 0 rings (SSSR count). The molecule has 0 fully saturated rings. The fraction of sp³-hybridized carbons (Fsp3) is 0.950. The van der Waals surface area contributed by atoms with E-state index >= 15 is 0 Å². The first-order valence-corrected chi connectivity index (χ1v) is 10.1. The summed E-state index contributed by atoms with van der Waals surface area (Å²) >= 11 is 0. The van der Waals surface area contributed by atoms with Gasteiger partial charge < -0.3 is 5.73 Å². The first-order chi connectivity index (χ1) is 10.9. The molecule has 0 aromatic carbocycles. The van der Waals surface area contributed by atoms with Crippen LogP contribution in [0.1, 0.15) is 110 Å². The molecule has 0 aromatic rings. The Labute approximate surface area is 140 Å². The van der Waals surface area contributed by atoms with Crippen LogP contribution in [0.25, 0.3) is 0 Å². The number of hydrogen-bond donors (Lipinski definition) is 1. The molecule has 0 atom stereocenters. The molecule has 132 valence electrons. The summed E-state index contributed by atoms with van der Waals surface area (Å²) in [4.78, 5) is 4.24.